The molecular weight excluding hydrogens is 292 g/mol. The van der Waals surface area contributed by atoms with E-state index in [2.05, 4.69) is 33.5 Å². The van der Waals surface area contributed by atoms with E-state index < -0.39 is 11.8 Å². The van der Waals surface area contributed by atoms with Crippen molar-refractivity contribution >= 4 is 35.2 Å². The van der Waals surface area contributed by atoms with Gasteiger partial charge in [0.05, 0.1) is 17.6 Å². The SMILES string of the molecule is O=C(NCCS)C(=O)NCc1n[nH]c(=O)c2ccccc12. The van der Waals surface area contributed by atoms with Crippen LogP contribution in [-0.4, -0.2) is 34.3 Å². The Bertz CT molecular complexity index is 729. The molecule has 7 nitrogen and oxygen atoms in total. The summed E-state index contributed by atoms with van der Waals surface area (Å²) in [6, 6.07) is 6.92. The van der Waals surface area contributed by atoms with E-state index in [1.54, 1.807) is 24.3 Å². The van der Waals surface area contributed by atoms with Gasteiger partial charge >= 0.3 is 11.8 Å². The van der Waals surface area contributed by atoms with Gasteiger partial charge in [-0.25, -0.2) is 5.10 Å². The highest BCUT2D eigenvalue weighted by Gasteiger charge is 2.13. The molecule has 1 aromatic heterocycles. The van der Waals surface area contributed by atoms with E-state index in [-0.39, 0.29) is 12.1 Å². The number of hydrogen-bond donors (Lipinski definition) is 4. The van der Waals surface area contributed by atoms with Crippen molar-refractivity contribution < 1.29 is 9.59 Å². The first kappa shape index (κ1) is 15.0. The van der Waals surface area contributed by atoms with E-state index in [1.807, 2.05) is 0 Å². The zero-order valence-electron chi connectivity index (χ0n) is 11.0. The average Bonchev–Trinajstić information content (AvgIpc) is 2.52. The van der Waals surface area contributed by atoms with E-state index >= 15 is 0 Å². The molecule has 0 aliphatic heterocycles. The molecule has 0 fully saturated rings. The Balaban J connectivity index is 2.11. The number of carbonyl (C=O) groups excluding carboxylic acids is 2. The van der Waals surface area contributed by atoms with Crippen LogP contribution in [0.2, 0.25) is 0 Å². The molecule has 0 bridgehead atoms. The van der Waals surface area contributed by atoms with Gasteiger partial charge in [0, 0.05) is 17.7 Å². The third-order valence-electron chi connectivity index (χ3n) is 2.79. The van der Waals surface area contributed by atoms with Crippen molar-refractivity contribution in [2.45, 2.75) is 6.54 Å². The Labute approximate surface area is 125 Å². The number of aromatic amines is 1. The molecule has 0 unspecified atom stereocenters. The Morgan fingerprint density at radius 2 is 1.81 bits per heavy atom. The number of rotatable bonds is 4. The third-order valence-corrected chi connectivity index (χ3v) is 3.02. The maximum Gasteiger partial charge on any atom is 0.309 e. The van der Waals surface area contributed by atoms with Crippen molar-refractivity contribution in [1.82, 2.24) is 20.8 Å². The second kappa shape index (κ2) is 6.89. The van der Waals surface area contributed by atoms with Crippen molar-refractivity contribution in [3.05, 3.63) is 40.3 Å². The summed E-state index contributed by atoms with van der Waals surface area (Å²) in [6.45, 7) is 0.361. The van der Waals surface area contributed by atoms with Crippen LogP contribution in [0, 0.1) is 0 Å². The number of benzene rings is 1. The average molecular weight is 306 g/mol. The van der Waals surface area contributed by atoms with Gasteiger partial charge in [-0.1, -0.05) is 18.2 Å². The Hall–Kier alpha value is -2.35. The lowest BCUT2D eigenvalue weighted by atomic mass is 10.1. The van der Waals surface area contributed by atoms with Crippen LogP contribution < -0.4 is 16.2 Å². The Morgan fingerprint density at radius 3 is 2.52 bits per heavy atom. The van der Waals surface area contributed by atoms with Gasteiger partial charge in [0.2, 0.25) is 0 Å². The minimum Gasteiger partial charge on any atom is -0.347 e. The quantitative estimate of drug-likeness (QED) is 0.455. The molecule has 8 heteroatoms. The normalized spacial score (nSPS) is 10.3. The first-order chi connectivity index (χ1) is 10.1. The molecule has 0 spiro atoms. The lowest BCUT2D eigenvalue weighted by molar-refractivity contribution is -0.139. The smallest absolute Gasteiger partial charge is 0.309 e. The molecule has 110 valence electrons. The molecule has 1 heterocycles. The summed E-state index contributed by atoms with van der Waals surface area (Å²) in [6.07, 6.45) is 0. The van der Waals surface area contributed by atoms with Gasteiger partial charge in [-0.2, -0.15) is 17.7 Å². The highest BCUT2D eigenvalue weighted by atomic mass is 32.1. The molecule has 0 saturated carbocycles. The zero-order valence-corrected chi connectivity index (χ0v) is 11.9. The van der Waals surface area contributed by atoms with Crippen LogP contribution >= 0.6 is 12.6 Å². The molecule has 0 saturated heterocycles. The lowest BCUT2D eigenvalue weighted by Gasteiger charge is -2.07. The third kappa shape index (κ3) is 3.60. The van der Waals surface area contributed by atoms with Gasteiger partial charge in [0.1, 0.15) is 0 Å². The minimum atomic E-state index is -0.756. The maximum absolute atomic E-state index is 11.6. The molecule has 2 rings (SSSR count). The topological polar surface area (TPSA) is 104 Å². The van der Waals surface area contributed by atoms with Crippen molar-refractivity contribution in [2.24, 2.45) is 0 Å². The van der Waals surface area contributed by atoms with Gasteiger partial charge in [-0.3, -0.25) is 14.4 Å². The summed E-state index contributed by atoms with van der Waals surface area (Å²) in [4.78, 5) is 34.6. The molecule has 0 radical (unpaired) electrons. The van der Waals surface area contributed by atoms with Crippen LogP contribution in [0.1, 0.15) is 5.69 Å². The minimum absolute atomic E-state index is 0.0461. The second-order valence-corrected chi connectivity index (χ2v) is 4.65. The fourth-order valence-corrected chi connectivity index (χ4v) is 1.91. The number of thiol groups is 1. The number of carbonyl (C=O) groups is 2. The van der Waals surface area contributed by atoms with Crippen LogP contribution in [0.3, 0.4) is 0 Å². The van der Waals surface area contributed by atoms with Crippen molar-refractivity contribution in [1.29, 1.82) is 0 Å². The van der Waals surface area contributed by atoms with E-state index in [0.29, 0.717) is 28.8 Å². The predicted octanol–water partition coefficient (Wildman–Crippen LogP) is -0.415. The van der Waals surface area contributed by atoms with Crippen LogP contribution in [-0.2, 0) is 16.1 Å². The first-order valence-electron chi connectivity index (χ1n) is 6.26. The molecule has 0 aliphatic rings. The standard InChI is InChI=1S/C13H14N4O3S/c18-11-9-4-2-1-3-8(9)10(16-17-11)7-15-13(20)12(19)14-5-6-21/h1-4,21H,5-7H2,(H,14,19)(H,15,20)(H,17,18). The number of nitrogens with zero attached hydrogens (tertiary/aromatic N) is 1. The molecule has 1 aromatic carbocycles. The lowest BCUT2D eigenvalue weighted by Crippen LogP contribution is -2.40. The fraction of sp³-hybridized carbons (Fsp3) is 0.231. The summed E-state index contributed by atoms with van der Waals surface area (Å²) >= 11 is 3.93. The van der Waals surface area contributed by atoms with Crippen molar-refractivity contribution in [3.63, 3.8) is 0 Å². The molecule has 0 atom stereocenters. The monoisotopic (exact) mass is 306 g/mol. The molecular formula is C13H14N4O3S. The number of aromatic nitrogens is 2. The zero-order chi connectivity index (χ0) is 15.2. The Kier molecular flexibility index (Phi) is 4.94. The maximum atomic E-state index is 11.6. The predicted molar refractivity (Wildman–Crippen MR) is 81.1 cm³/mol. The van der Waals surface area contributed by atoms with Gasteiger partial charge < -0.3 is 10.6 Å². The largest absolute Gasteiger partial charge is 0.347 e. The number of nitrogens with one attached hydrogen (secondary N) is 3. The summed E-state index contributed by atoms with van der Waals surface area (Å²) in [7, 11) is 0. The van der Waals surface area contributed by atoms with E-state index in [9.17, 15) is 14.4 Å². The number of fused-ring (bicyclic) bond motifs is 1. The summed E-state index contributed by atoms with van der Waals surface area (Å²) < 4.78 is 0. The Morgan fingerprint density at radius 1 is 1.14 bits per heavy atom. The van der Waals surface area contributed by atoms with Gasteiger partial charge in [0.15, 0.2) is 0 Å². The van der Waals surface area contributed by atoms with Crippen LogP contribution in [0.5, 0.6) is 0 Å². The number of hydrogen-bond acceptors (Lipinski definition) is 5. The van der Waals surface area contributed by atoms with E-state index in [1.165, 1.54) is 0 Å². The fourth-order valence-electron chi connectivity index (χ4n) is 1.80. The molecule has 0 aliphatic carbocycles. The van der Waals surface area contributed by atoms with E-state index in [4.69, 9.17) is 0 Å². The van der Waals surface area contributed by atoms with Gasteiger partial charge in [-0.15, -0.1) is 0 Å². The molecule has 2 amide bonds. The molecule has 21 heavy (non-hydrogen) atoms. The number of amides is 2. The molecule has 2 aromatic rings. The van der Waals surface area contributed by atoms with E-state index in [0.717, 1.165) is 0 Å². The second-order valence-electron chi connectivity index (χ2n) is 4.21. The molecule has 3 N–H and O–H groups in total. The van der Waals surface area contributed by atoms with Crippen molar-refractivity contribution in [3.8, 4) is 0 Å². The van der Waals surface area contributed by atoms with Gasteiger partial charge in [-0.05, 0) is 6.07 Å². The summed E-state index contributed by atoms with van der Waals surface area (Å²) in [5.41, 5.74) is 0.188. The first-order valence-corrected chi connectivity index (χ1v) is 6.90. The van der Waals surface area contributed by atoms with Crippen LogP contribution in [0.4, 0.5) is 0 Å². The summed E-state index contributed by atoms with van der Waals surface area (Å²) in [5, 5.41) is 12.3. The van der Waals surface area contributed by atoms with Crippen LogP contribution in [0.15, 0.2) is 29.1 Å². The highest BCUT2D eigenvalue weighted by molar-refractivity contribution is 7.80. The summed E-state index contributed by atoms with van der Waals surface area (Å²) in [5.74, 6) is -1.03. The van der Waals surface area contributed by atoms with Gasteiger partial charge in [0.25, 0.3) is 5.56 Å². The number of H-pyrrole nitrogens is 1. The van der Waals surface area contributed by atoms with Crippen molar-refractivity contribution in [2.75, 3.05) is 12.3 Å². The van der Waals surface area contributed by atoms with Crippen LogP contribution in [0.25, 0.3) is 10.8 Å². The highest BCUT2D eigenvalue weighted by Crippen LogP contribution is 2.11.